The Hall–Kier alpha value is -1.92. The van der Waals surface area contributed by atoms with Gasteiger partial charge in [-0.15, -0.1) is 0 Å². The normalized spacial score (nSPS) is 24.2. The molecule has 1 aromatic carbocycles. The molecule has 0 amide bonds. The summed E-state index contributed by atoms with van der Waals surface area (Å²) >= 11 is 6.04. The number of rotatable bonds is 1. The van der Waals surface area contributed by atoms with Crippen LogP contribution in [0.25, 0.3) is 0 Å². The SMILES string of the molecule is CC1=C(C#N)C(c2ccc(Cl)cc2)C2=C(N1)C1CCN2CC1. The summed E-state index contributed by atoms with van der Waals surface area (Å²) in [5.41, 5.74) is 5.63. The van der Waals surface area contributed by atoms with Gasteiger partial charge in [0.15, 0.2) is 0 Å². The monoisotopic (exact) mass is 311 g/mol. The van der Waals surface area contributed by atoms with E-state index in [2.05, 4.69) is 28.4 Å². The van der Waals surface area contributed by atoms with Crippen LogP contribution < -0.4 is 5.32 Å². The van der Waals surface area contributed by atoms with Crippen LogP contribution in [0.15, 0.2) is 46.9 Å². The highest BCUT2D eigenvalue weighted by Gasteiger charge is 2.41. The van der Waals surface area contributed by atoms with Crippen molar-refractivity contribution in [3.63, 3.8) is 0 Å². The number of dihydropyridines is 1. The van der Waals surface area contributed by atoms with Crippen LogP contribution in [0.1, 0.15) is 31.2 Å². The minimum Gasteiger partial charge on any atom is -0.373 e. The Bertz CT molecular complexity index is 716. The molecule has 0 aromatic heterocycles. The van der Waals surface area contributed by atoms with E-state index in [0.717, 1.165) is 34.9 Å². The van der Waals surface area contributed by atoms with Gasteiger partial charge in [-0.05, 0) is 37.5 Å². The van der Waals surface area contributed by atoms with Crippen molar-refractivity contribution < 1.29 is 0 Å². The van der Waals surface area contributed by atoms with E-state index in [1.165, 1.54) is 24.2 Å². The molecule has 1 aromatic rings. The number of nitrogens with one attached hydrogen (secondary N) is 1. The lowest BCUT2D eigenvalue weighted by atomic mass is 9.76. The van der Waals surface area contributed by atoms with Crippen LogP contribution >= 0.6 is 11.6 Å². The molecule has 4 aliphatic rings. The van der Waals surface area contributed by atoms with Gasteiger partial charge in [0.25, 0.3) is 0 Å². The maximum atomic E-state index is 9.69. The number of nitriles is 1. The van der Waals surface area contributed by atoms with Crippen LogP contribution in [0.2, 0.25) is 5.02 Å². The highest BCUT2D eigenvalue weighted by Crippen LogP contribution is 2.47. The van der Waals surface area contributed by atoms with E-state index >= 15 is 0 Å². The van der Waals surface area contributed by atoms with Crippen molar-refractivity contribution in [3.8, 4) is 6.07 Å². The van der Waals surface area contributed by atoms with Gasteiger partial charge in [-0.3, -0.25) is 0 Å². The first-order valence-corrected chi connectivity index (χ1v) is 8.19. The van der Waals surface area contributed by atoms with Crippen molar-refractivity contribution in [1.82, 2.24) is 10.2 Å². The lowest BCUT2D eigenvalue weighted by Gasteiger charge is -2.48. The molecule has 1 atom stereocenters. The fraction of sp³-hybridized carbons (Fsp3) is 0.389. The van der Waals surface area contributed by atoms with Gasteiger partial charge < -0.3 is 10.2 Å². The van der Waals surface area contributed by atoms with E-state index in [-0.39, 0.29) is 5.92 Å². The second-order valence-electron chi connectivity index (χ2n) is 6.32. The van der Waals surface area contributed by atoms with E-state index in [1.54, 1.807) is 0 Å². The van der Waals surface area contributed by atoms with Gasteiger partial charge in [-0.2, -0.15) is 5.26 Å². The molecule has 4 aliphatic heterocycles. The number of piperidine rings is 1. The summed E-state index contributed by atoms with van der Waals surface area (Å²) in [5.74, 6) is 0.659. The van der Waals surface area contributed by atoms with Crippen molar-refractivity contribution in [2.75, 3.05) is 13.1 Å². The fourth-order valence-corrected chi connectivity index (χ4v) is 4.17. The molecule has 3 nitrogen and oxygen atoms in total. The van der Waals surface area contributed by atoms with Crippen molar-refractivity contribution in [1.29, 1.82) is 5.26 Å². The summed E-state index contributed by atoms with van der Waals surface area (Å²) in [7, 11) is 0. The van der Waals surface area contributed by atoms with Crippen LogP contribution in [0.4, 0.5) is 0 Å². The average molecular weight is 312 g/mol. The molecule has 2 bridgehead atoms. The van der Waals surface area contributed by atoms with Crippen LogP contribution in [0.5, 0.6) is 0 Å². The van der Waals surface area contributed by atoms with E-state index in [9.17, 15) is 5.26 Å². The van der Waals surface area contributed by atoms with Crippen LogP contribution in [0, 0.1) is 17.2 Å². The zero-order valence-electron chi connectivity index (χ0n) is 12.6. The quantitative estimate of drug-likeness (QED) is 0.858. The van der Waals surface area contributed by atoms with E-state index in [4.69, 9.17) is 11.6 Å². The molecule has 1 unspecified atom stereocenters. The first-order valence-electron chi connectivity index (χ1n) is 7.81. The third-order valence-corrected chi connectivity index (χ3v) is 5.38. The number of benzene rings is 1. The summed E-state index contributed by atoms with van der Waals surface area (Å²) in [5, 5.41) is 14.0. The summed E-state index contributed by atoms with van der Waals surface area (Å²) in [6, 6.07) is 10.4. The number of nitrogens with zero attached hydrogens (tertiary/aromatic N) is 2. The molecule has 1 saturated heterocycles. The number of hydrogen-bond acceptors (Lipinski definition) is 3. The van der Waals surface area contributed by atoms with E-state index < -0.39 is 0 Å². The van der Waals surface area contributed by atoms with Gasteiger partial charge in [0.1, 0.15) is 0 Å². The number of halogens is 1. The number of hydrogen-bond donors (Lipinski definition) is 1. The largest absolute Gasteiger partial charge is 0.373 e. The number of allylic oxidation sites excluding steroid dienone is 3. The Morgan fingerprint density at radius 2 is 1.91 bits per heavy atom. The highest BCUT2D eigenvalue weighted by atomic mass is 35.5. The van der Waals surface area contributed by atoms with Gasteiger partial charge in [0.2, 0.25) is 0 Å². The first kappa shape index (κ1) is 13.7. The molecule has 4 heteroatoms. The predicted molar refractivity (Wildman–Crippen MR) is 87.0 cm³/mol. The predicted octanol–water partition coefficient (Wildman–Crippen LogP) is 3.76. The molecule has 0 spiro atoms. The molecule has 22 heavy (non-hydrogen) atoms. The van der Waals surface area contributed by atoms with Crippen molar-refractivity contribution in [2.24, 2.45) is 5.92 Å². The number of fused-ring (bicyclic) bond motifs is 2. The maximum Gasteiger partial charge on any atom is 0.0976 e. The zero-order valence-corrected chi connectivity index (χ0v) is 13.3. The molecule has 4 heterocycles. The molecule has 0 radical (unpaired) electrons. The van der Waals surface area contributed by atoms with Crippen LogP contribution in [-0.4, -0.2) is 18.0 Å². The maximum absolute atomic E-state index is 9.69. The molecular formula is C18H18ClN3. The van der Waals surface area contributed by atoms with E-state index in [0.29, 0.717) is 5.92 Å². The summed E-state index contributed by atoms with van der Waals surface area (Å²) < 4.78 is 0. The Morgan fingerprint density at radius 1 is 1.23 bits per heavy atom. The molecule has 112 valence electrons. The summed E-state index contributed by atoms with van der Waals surface area (Å²) in [6.07, 6.45) is 2.43. The Morgan fingerprint density at radius 3 is 2.55 bits per heavy atom. The molecule has 5 rings (SSSR count). The van der Waals surface area contributed by atoms with Crippen molar-refractivity contribution in [2.45, 2.75) is 25.7 Å². The summed E-state index contributed by atoms with van der Waals surface area (Å²) in [6.45, 7) is 4.23. The Labute approximate surface area is 135 Å². The smallest absolute Gasteiger partial charge is 0.0976 e. The zero-order chi connectivity index (χ0) is 15.3. The second kappa shape index (κ2) is 5.07. The fourth-order valence-electron chi connectivity index (χ4n) is 4.04. The topological polar surface area (TPSA) is 39.1 Å². The van der Waals surface area contributed by atoms with E-state index in [1.807, 2.05) is 19.1 Å². The Kier molecular flexibility index (Phi) is 3.16. The molecule has 0 aliphatic carbocycles. The van der Waals surface area contributed by atoms with Gasteiger partial charge in [-0.1, -0.05) is 23.7 Å². The van der Waals surface area contributed by atoms with Gasteiger partial charge in [0.05, 0.1) is 17.6 Å². The second-order valence-corrected chi connectivity index (χ2v) is 6.76. The lowest BCUT2D eigenvalue weighted by molar-refractivity contribution is 0.187. The van der Waals surface area contributed by atoms with Crippen molar-refractivity contribution >= 4 is 11.6 Å². The highest BCUT2D eigenvalue weighted by molar-refractivity contribution is 6.30. The Balaban J connectivity index is 1.88. The molecule has 1 fully saturated rings. The van der Waals surface area contributed by atoms with Crippen LogP contribution in [-0.2, 0) is 0 Å². The molecule has 0 saturated carbocycles. The van der Waals surface area contributed by atoms with Gasteiger partial charge in [-0.25, -0.2) is 0 Å². The third kappa shape index (κ3) is 1.94. The first-order chi connectivity index (χ1) is 10.7. The standard InChI is InChI=1S/C18H18ClN3/c1-11-15(10-20)16(12-2-4-14(19)5-3-12)18-17(21-11)13-6-8-22(18)9-7-13/h2-5,13,16,21H,6-9H2,1H3. The minimum atomic E-state index is 0.0432. The van der Waals surface area contributed by atoms with Crippen molar-refractivity contribution in [3.05, 3.63) is 57.5 Å². The third-order valence-electron chi connectivity index (χ3n) is 5.13. The van der Waals surface area contributed by atoms with Gasteiger partial charge >= 0.3 is 0 Å². The summed E-state index contributed by atoms with van der Waals surface area (Å²) in [4.78, 5) is 2.46. The average Bonchev–Trinajstić information content (AvgIpc) is 2.55. The lowest BCUT2D eigenvalue weighted by Crippen LogP contribution is -2.47. The minimum absolute atomic E-state index is 0.0432. The van der Waals surface area contributed by atoms with Crippen LogP contribution in [0.3, 0.4) is 0 Å². The molecular weight excluding hydrogens is 294 g/mol. The van der Waals surface area contributed by atoms with Gasteiger partial charge in [0, 0.05) is 41.1 Å². The molecule has 1 N–H and O–H groups in total.